The highest BCUT2D eigenvalue weighted by Crippen LogP contribution is 2.32. The first-order valence-electron chi connectivity index (χ1n) is 4.31. The number of aliphatic hydroxyl groups excluding tert-OH is 1. The van der Waals surface area contributed by atoms with Gasteiger partial charge in [-0.2, -0.15) is 0 Å². The molecule has 0 bridgehead atoms. The van der Waals surface area contributed by atoms with Crippen LogP contribution in [0.3, 0.4) is 0 Å². The summed E-state index contributed by atoms with van der Waals surface area (Å²) in [5.74, 6) is 0.456. The maximum absolute atomic E-state index is 9.42. The zero-order valence-corrected chi connectivity index (χ0v) is 7.12. The Morgan fingerprint density at radius 2 is 2.17 bits per heavy atom. The summed E-state index contributed by atoms with van der Waals surface area (Å²) in [7, 11) is 0. The normalized spacial score (nSPS) is 27.5. The van der Waals surface area contributed by atoms with E-state index in [0.717, 1.165) is 12.1 Å². The number of benzene rings is 1. The van der Waals surface area contributed by atoms with E-state index in [0.29, 0.717) is 5.92 Å². The Balaban J connectivity index is 2.40. The van der Waals surface area contributed by atoms with Gasteiger partial charge < -0.3 is 10.4 Å². The lowest BCUT2D eigenvalue weighted by Crippen LogP contribution is -2.26. The summed E-state index contributed by atoms with van der Waals surface area (Å²) in [5, 5.41) is 12.5. The van der Waals surface area contributed by atoms with Crippen LogP contribution in [0.15, 0.2) is 24.3 Å². The summed E-state index contributed by atoms with van der Waals surface area (Å²) < 4.78 is 0. The van der Waals surface area contributed by atoms with E-state index < -0.39 is 0 Å². The van der Waals surface area contributed by atoms with Crippen LogP contribution in [0.5, 0.6) is 0 Å². The van der Waals surface area contributed by atoms with Crippen LogP contribution in [-0.4, -0.2) is 11.3 Å². The fourth-order valence-electron chi connectivity index (χ4n) is 1.76. The van der Waals surface area contributed by atoms with Crippen LogP contribution in [0.25, 0.3) is 0 Å². The second-order valence-corrected chi connectivity index (χ2v) is 3.38. The Labute approximate surface area is 72.2 Å². The summed E-state index contributed by atoms with van der Waals surface area (Å²) in [4.78, 5) is 0. The minimum absolute atomic E-state index is 0.380. The van der Waals surface area contributed by atoms with Crippen molar-refractivity contribution >= 4 is 5.69 Å². The van der Waals surface area contributed by atoms with Gasteiger partial charge in [0.1, 0.15) is 6.23 Å². The molecule has 0 saturated heterocycles. The number of fused-ring (bicyclic) bond motifs is 1. The summed E-state index contributed by atoms with van der Waals surface area (Å²) in [6.07, 6.45) is 0.423. The SMILES string of the molecule is C[C@@H]1C[C@H](O)Nc2ccccc21. The predicted octanol–water partition coefficient (Wildman–Crippen LogP) is 1.92. The first-order valence-corrected chi connectivity index (χ1v) is 4.31. The number of para-hydroxylation sites is 1. The van der Waals surface area contributed by atoms with Crippen molar-refractivity contribution in [3.05, 3.63) is 29.8 Å². The lowest BCUT2D eigenvalue weighted by atomic mass is 9.92. The fourth-order valence-corrected chi connectivity index (χ4v) is 1.76. The Bertz CT molecular complexity index is 285. The third-order valence-corrected chi connectivity index (χ3v) is 2.39. The van der Waals surface area contributed by atoms with Gasteiger partial charge in [0.25, 0.3) is 0 Å². The Kier molecular flexibility index (Phi) is 1.77. The average molecular weight is 163 g/mol. The Morgan fingerprint density at radius 1 is 1.42 bits per heavy atom. The second kappa shape index (κ2) is 2.79. The molecule has 2 rings (SSSR count). The molecular formula is C10H13NO. The molecule has 2 atom stereocenters. The molecule has 1 aromatic rings. The van der Waals surface area contributed by atoms with Gasteiger partial charge in [0.15, 0.2) is 0 Å². The molecule has 12 heavy (non-hydrogen) atoms. The van der Waals surface area contributed by atoms with E-state index in [-0.39, 0.29) is 6.23 Å². The standard InChI is InChI=1S/C10H13NO/c1-7-6-10(12)11-9-5-3-2-4-8(7)9/h2-5,7,10-12H,6H2,1H3/t7-,10+/m1/s1. The zero-order valence-electron chi connectivity index (χ0n) is 7.12. The van der Waals surface area contributed by atoms with E-state index in [9.17, 15) is 5.11 Å². The maximum Gasteiger partial charge on any atom is 0.125 e. The predicted molar refractivity (Wildman–Crippen MR) is 49.1 cm³/mol. The van der Waals surface area contributed by atoms with E-state index >= 15 is 0 Å². The van der Waals surface area contributed by atoms with Crippen LogP contribution in [0.4, 0.5) is 5.69 Å². The third-order valence-electron chi connectivity index (χ3n) is 2.39. The molecule has 0 spiro atoms. The van der Waals surface area contributed by atoms with Gasteiger partial charge in [0, 0.05) is 5.69 Å². The maximum atomic E-state index is 9.42. The molecule has 0 aromatic heterocycles. The van der Waals surface area contributed by atoms with Crippen molar-refractivity contribution in [3.8, 4) is 0 Å². The number of rotatable bonds is 0. The topological polar surface area (TPSA) is 32.3 Å². The summed E-state index contributed by atoms with van der Waals surface area (Å²) in [6.45, 7) is 2.14. The molecule has 0 unspecified atom stereocenters. The molecule has 0 amide bonds. The van der Waals surface area contributed by atoms with Crippen LogP contribution in [0.2, 0.25) is 0 Å². The highest BCUT2D eigenvalue weighted by Gasteiger charge is 2.20. The smallest absolute Gasteiger partial charge is 0.125 e. The van der Waals surface area contributed by atoms with Crippen molar-refractivity contribution in [3.63, 3.8) is 0 Å². The van der Waals surface area contributed by atoms with E-state index in [1.807, 2.05) is 18.2 Å². The molecule has 1 aliphatic heterocycles. The van der Waals surface area contributed by atoms with Crippen molar-refractivity contribution in [2.45, 2.75) is 25.5 Å². The van der Waals surface area contributed by atoms with Gasteiger partial charge in [0.05, 0.1) is 0 Å². The largest absolute Gasteiger partial charge is 0.374 e. The van der Waals surface area contributed by atoms with Crippen molar-refractivity contribution in [1.29, 1.82) is 0 Å². The molecule has 2 nitrogen and oxygen atoms in total. The van der Waals surface area contributed by atoms with E-state index in [4.69, 9.17) is 0 Å². The Hall–Kier alpha value is -1.02. The molecule has 0 radical (unpaired) electrons. The molecular weight excluding hydrogens is 150 g/mol. The number of nitrogens with one attached hydrogen (secondary N) is 1. The monoisotopic (exact) mass is 163 g/mol. The molecule has 0 saturated carbocycles. The molecule has 0 fully saturated rings. The quantitative estimate of drug-likeness (QED) is 0.612. The summed E-state index contributed by atoms with van der Waals surface area (Å²) >= 11 is 0. The van der Waals surface area contributed by atoms with Crippen molar-refractivity contribution < 1.29 is 5.11 Å². The molecule has 64 valence electrons. The van der Waals surface area contributed by atoms with Gasteiger partial charge in [-0.05, 0) is 24.0 Å². The van der Waals surface area contributed by atoms with Gasteiger partial charge >= 0.3 is 0 Å². The highest BCUT2D eigenvalue weighted by atomic mass is 16.3. The average Bonchev–Trinajstić information content (AvgIpc) is 2.04. The van der Waals surface area contributed by atoms with Crippen LogP contribution in [0.1, 0.15) is 24.8 Å². The number of anilines is 1. The molecule has 1 heterocycles. The number of hydrogen-bond donors (Lipinski definition) is 2. The molecule has 0 aliphatic carbocycles. The van der Waals surface area contributed by atoms with Crippen LogP contribution >= 0.6 is 0 Å². The van der Waals surface area contributed by atoms with Gasteiger partial charge in [-0.25, -0.2) is 0 Å². The minimum Gasteiger partial charge on any atom is -0.374 e. The van der Waals surface area contributed by atoms with Crippen molar-refractivity contribution in [1.82, 2.24) is 0 Å². The third kappa shape index (κ3) is 1.18. The lowest BCUT2D eigenvalue weighted by molar-refractivity contribution is 0.180. The van der Waals surface area contributed by atoms with Gasteiger partial charge in [0.2, 0.25) is 0 Å². The van der Waals surface area contributed by atoms with Gasteiger partial charge in [-0.1, -0.05) is 25.1 Å². The number of aliphatic hydroxyl groups is 1. The molecule has 2 heteroatoms. The summed E-state index contributed by atoms with van der Waals surface area (Å²) in [5.41, 5.74) is 2.38. The van der Waals surface area contributed by atoms with Crippen LogP contribution in [0, 0.1) is 0 Å². The van der Waals surface area contributed by atoms with E-state index in [1.165, 1.54) is 5.56 Å². The molecule has 1 aromatic carbocycles. The van der Waals surface area contributed by atoms with Crippen LogP contribution < -0.4 is 5.32 Å². The summed E-state index contributed by atoms with van der Waals surface area (Å²) in [6, 6.07) is 8.14. The fraction of sp³-hybridized carbons (Fsp3) is 0.400. The van der Waals surface area contributed by atoms with Crippen molar-refractivity contribution in [2.24, 2.45) is 0 Å². The highest BCUT2D eigenvalue weighted by molar-refractivity contribution is 5.54. The molecule has 2 N–H and O–H groups in total. The van der Waals surface area contributed by atoms with E-state index in [1.54, 1.807) is 0 Å². The first kappa shape index (κ1) is 7.62. The van der Waals surface area contributed by atoms with Gasteiger partial charge in [-0.3, -0.25) is 0 Å². The van der Waals surface area contributed by atoms with Crippen LogP contribution in [-0.2, 0) is 0 Å². The molecule has 1 aliphatic rings. The van der Waals surface area contributed by atoms with Gasteiger partial charge in [-0.15, -0.1) is 0 Å². The first-order chi connectivity index (χ1) is 5.77. The Morgan fingerprint density at radius 3 is 3.00 bits per heavy atom. The lowest BCUT2D eigenvalue weighted by Gasteiger charge is -2.27. The van der Waals surface area contributed by atoms with E-state index in [2.05, 4.69) is 18.3 Å². The zero-order chi connectivity index (χ0) is 8.55. The second-order valence-electron chi connectivity index (χ2n) is 3.38. The minimum atomic E-state index is -0.380. The van der Waals surface area contributed by atoms with Crippen molar-refractivity contribution in [2.75, 3.05) is 5.32 Å². The number of hydrogen-bond acceptors (Lipinski definition) is 2.